The van der Waals surface area contributed by atoms with Crippen molar-refractivity contribution in [1.82, 2.24) is 9.97 Å². The Kier molecular flexibility index (Phi) is 2.41. The van der Waals surface area contributed by atoms with Crippen LogP contribution in [0.25, 0.3) is 21.8 Å². The maximum Gasteiger partial charge on any atom is 0.358 e. The summed E-state index contributed by atoms with van der Waals surface area (Å²) < 4.78 is 4.63. The molecule has 0 N–H and O–H groups in total. The number of aromatic nitrogens is 2. The minimum Gasteiger partial charge on any atom is -0.464 e. The summed E-state index contributed by atoms with van der Waals surface area (Å²) >= 11 is 0. The van der Waals surface area contributed by atoms with Gasteiger partial charge in [-0.2, -0.15) is 0 Å². The number of carbonyl (C=O) groups is 1. The standard InChI is InChI=1S/C14H10N2O2/c1-18-14(17)12-8-15-13-10-5-3-2-4-9(10)6-7-11(13)16-12/h2-8H,1H3. The molecule has 1 heterocycles. The summed E-state index contributed by atoms with van der Waals surface area (Å²) in [4.78, 5) is 20.0. The number of fused-ring (bicyclic) bond motifs is 3. The predicted octanol–water partition coefficient (Wildman–Crippen LogP) is 2.57. The number of esters is 1. The average Bonchev–Trinajstić information content (AvgIpc) is 2.45. The maximum atomic E-state index is 11.4. The molecule has 0 atom stereocenters. The number of hydrogen-bond donors (Lipinski definition) is 0. The average molecular weight is 238 g/mol. The molecule has 3 rings (SSSR count). The van der Waals surface area contributed by atoms with Gasteiger partial charge in [-0.15, -0.1) is 0 Å². The molecule has 18 heavy (non-hydrogen) atoms. The molecule has 0 bridgehead atoms. The van der Waals surface area contributed by atoms with Crippen molar-refractivity contribution in [2.24, 2.45) is 0 Å². The van der Waals surface area contributed by atoms with Gasteiger partial charge < -0.3 is 4.74 Å². The first-order chi connectivity index (χ1) is 8.79. The lowest BCUT2D eigenvalue weighted by Crippen LogP contribution is -2.05. The molecule has 88 valence electrons. The lowest BCUT2D eigenvalue weighted by atomic mass is 10.1. The zero-order valence-corrected chi connectivity index (χ0v) is 9.75. The van der Waals surface area contributed by atoms with Crippen LogP contribution >= 0.6 is 0 Å². The third kappa shape index (κ3) is 1.59. The Bertz CT molecular complexity index is 753. The van der Waals surface area contributed by atoms with Crippen LogP contribution in [0.3, 0.4) is 0 Å². The first-order valence-electron chi connectivity index (χ1n) is 5.52. The molecular weight excluding hydrogens is 228 g/mol. The van der Waals surface area contributed by atoms with Gasteiger partial charge in [-0.3, -0.25) is 4.98 Å². The Morgan fingerprint density at radius 3 is 2.83 bits per heavy atom. The zero-order valence-electron chi connectivity index (χ0n) is 9.75. The number of nitrogens with zero attached hydrogens (tertiary/aromatic N) is 2. The van der Waals surface area contributed by atoms with Gasteiger partial charge >= 0.3 is 5.97 Å². The summed E-state index contributed by atoms with van der Waals surface area (Å²) in [7, 11) is 1.33. The topological polar surface area (TPSA) is 52.1 Å². The van der Waals surface area contributed by atoms with Crippen LogP contribution in [0.4, 0.5) is 0 Å². The summed E-state index contributed by atoms with van der Waals surface area (Å²) in [6.07, 6.45) is 1.45. The Morgan fingerprint density at radius 2 is 2.00 bits per heavy atom. The molecule has 0 fully saturated rings. The minimum absolute atomic E-state index is 0.222. The van der Waals surface area contributed by atoms with Crippen molar-refractivity contribution in [3.8, 4) is 0 Å². The van der Waals surface area contributed by atoms with Crippen molar-refractivity contribution < 1.29 is 9.53 Å². The van der Waals surface area contributed by atoms with E-state index < -0.39 is 5.97 Å². The molecule has 4 nitrogen and oxygen atoms in total. The van der Waals surface area contributed by atoms with Gasteiger partial charge in [-0.25, -0.2) is 9.78 Å². The number of benzene rings is 2. The molecule has 0 aliphatic heterocycles. The smallest absolute Gasteiger partial charge is 0.358 e. The van der Waals surface area contributed by atoms with Crippen LogP contribution in [-0.2, 0) is 4.74 Å². The van der Waals surface area contributed by atoms with E-state index in [1.54, 1.807) is 0 Å². The number of methoxy groups -OCH3 is 1. The molecule has 0 spiro atoms. The van der Waals surface area contributed by atoms with Crippen LogP contribution in [0.2, 0.25) is 0 Å². The highest BCUT2D eigenvalue weighted by Gasteiger charge is 2.10. The van der Waals surface area contributed by atoms with Crippen LogP contribution in [0.5, 0.6) is 0 Å². The van der Waals surface area contributed by atoms with Crippen LogP contribution < -0.4 is 0 Å². The van der Waals surface area contributed by atoms with Gasteiger partial charge in [0.1, 0.15) is 0 Å². The van der Waals surface area contributed by atoms with E-state index in [9.17, 15) is 4.79 Å². The van der Waals surface area contributed by atoms with Crippen molar-refractivity contribution in [2.75, 3.05) is 7.11 Å². The summed E-state index contributed by atoms with van der Waals surface area (Å²) in [5.74, 6) is -0.474. The van der Waals surface area contributed by atoms with Crippen LogP contribution in [0, 0.1) is 0 Å². The number of ether oxygens (including phenoxy) is 1. The molecule has 0 radical (unpaired) electrons. The number of hydrogen-bond acceptors (Lipinski definition) is 4. The molecule has 0 saturated heterocycles. The molecule has 2 aromatic carbocycles. The fourth-order valence-electron chi connectivity index (χ4n) is 1.96. The molecule has 0 aliphatic rings. The van der Waals surface area contributed by atoms with Crippen molar-refractivity contribution in [3.05, 3.63) is 48.3 Å². The van der Waals surface area contributed by atoms with Gasteiger partial charge in [-0.1, -0.05) is 30.3 Å². The van der Waals surface area contributed by atoms with Crippen LogP contribution in [0.1, 0.15) is 10.5 Å². The second-order valence-electron chi connectivity index (χ2n) is 3.90. The highest BCUT2D eigenvalue weighted by molar-refractivity contribution is 6.04. The van der Waals surface area contributed by atoms with Crippen LogP contribution in [-0.4, -0.2) is 23.0 Å². The van der Waals surface area contributed by atoms with Crippen LogP contribution in [0.15, 0.2) is 42.6 Å². The molecule has 0 saturated carbocycles. The summed E-state index contributed by atoms with van der Waals surface area (Å²) in [6, 6.07) is 11.8. The predicted molar refractivity (Wildman–Crippen MR) is 68.4 cm³/mol. The number of rotatable bonds is 1. The van der Waals surface area contributed by atoms with Crippen molar-refractivity contribution in [1.29, 1.82) is 0 Å². The third-order valence-electron chi connectivity index (χ3n) is 2.83. The van der Waals surface area contributed by atoms with Crippen molar-refractivity contribution >= 4 is 27.8 Å². The highest BCUT2D eigenvalue weighted by Crippen LogP contribution is 2.22. The lowest BCUT2D eigenvalue weighted by molar-refractivity contribution is 0.0594. The normalized spacial score (nSPS) is 10.7. The maximum absolute atomic E-state index is 11.4. The van der Waals surface area contributed by atoms with Gasteiger partial charge in [0.15, 0.2) is 5.69 Å². The largest absolute Gasteiger partial charge is 0.464 e. The van der Waals surface area contributed by atoms with Gasteiger partial charge in [-0.05, 0) is 11.5 Å². The second kappa shape index (κ2) is 4.07. The molecule has 0 unspecified atom stereocenters. The first kappa shape index (κ1) is 10.7. The van der Waals surface area contributed by atoms with E-state index in [1.165, 1.54) is 13.3 Å². The third-order valence-corrected chi connectivity index (χ3v) is 2.83. The Labute approximate surface area is 103 Å². The van der Waals surface area contributed by atoms with E-state index in [4.69, 9.17) is 0 Å². The van der Waals surface area contributed by atoms with Crippen molar-refractivity contribution in [2.45, 2.75) is 0 Å². The monoisotopic (exact) mass is 238 g/mol. The highest BCUT2D eigenvalue weighted by atomic mass is 16.5. The van der Waals surface area contributed by atoms with Gasteiger partial charge in [0.25, 0.3) is 0 Å². The summed E-state index contributed by atoms with van der Waals surface area (Å²) in [6.45, 7) is 0. The van der Waals surface area contributed by atoms with E-state index >= 15 is 0 Å². The molecule has 0 aliphatic carbocycles. The molecule has 0 amide bonds. The fraction of sp³-hybridized carbons (Fsp3) is 0.0714. The molecule has 1 aromatic heterocycles. The molecule has 3 aromatic rings. The molecular formula is C14H10N2O2. The lowest BCUT2D eigenvalue weighted by Gasteiger charge is -2.03. The quantitative estimate of drug-likeness (QED) is 0.483. The van der Waals surface area contributed by atoms with Gasteiger partial charge in [0.05, 0.1) is 24.3 Å². The van der Waals surface area contributed by atoms with Gasteiger partial charge in [0.2, 0.25) is 0 Å². The first-order valence-corrected chi connectivity index (χ1v) is 5.52. The van der Waals surface area contributed by atoms with E-state index in [-0.39, 0.29) is 5.69 Å². The summed E-state index contributed by atoms with van der Waals surface area (Å²) in [5.41, 5.74) is 1.71. The summed E-state index contributed by atoms with van der Waals surface area (Å²) in [5, 5.41) is 2.13. The van der Waals surface area contributed by atoms with Crippen molar-refractivity contribution in [3.63, 3.8) is 0 Å². The van der Waals surface area contributed by atoms with E-state index in [0.29, 0.717) is 5.52 Å². The Balaban J connectivity index is 2.31. The molecule has 4 heteroatoms. The minimum atomic E-state index is -0.474. The second-order valence-corrected chi connectivity index (χ2v) is 3.90. The number of carbonyl (C=O) groups excluding carboxylic acids is 1. The SMILES string of the molecule is COC(=O)c1cnc2c(ccc3ccccc32)n1. The van der Waals surface area contributed by atoms with E-state index in [0.717, 1.165) is 16.3 Å². The fourth-order valence-corrected chi connectivity index (χ4v) is 1.96. The Hall–Kier alpha value is -2.49. The Morgan fingerprint density at radius 1 is 1.17 bits per heavy atom. The van der Waals surface area contributed by atoms with E-state index in [2.05, 4.69) is 14.7 Å². The zero-order chi connectivity index (χ0) is 12.5. The van der Waals surface area contributed by atoms with E-state index in [1.807, 2.05) is 36.4 Å². The van der Waals surface area contributed by atoms with Gasteiger partial charge in [0, 0.05) is 5.39 Å².